The van der Waals surface area contributed by atoms with Crippen LogP contribution in [0.3, 0.4) is 0 Å². The molecule has 1 aliphatic rings. The van der Waals surface area contributed by atoms with Crippen LogP contribution in [-0.4, -0.2) is 5.84 Å². The van der Waals surface area contributed by atoms with Gasteiger partial charge in [0.25, 0.3) is 0 Å². The Morgan fingerprint density at radius 1 is 1.33 bits per heavy atom. The van der Waals surface area contributed by atoms with Gasteiger partial charge in [-0.1, -0.05) is 43.7 Å². The van der Waals surface area contributed by atoms with Crippen molar-refractivity contribution in [2.45, 2.75) is 38.5 Å². The lowest BCUT2D eigenvalue weighted by molar-refractivity contribution is 0.367. The van der Waals surface area contributed by atoms with Gasteiger partial charge >= 0.3 is 0 Å². The highest BCUT2D eigenvalue weighted by atomic mass is 127. The number of rotatable bonds is 3. The maximum absolute atomic E-state index is 8.07. The van der Waals surface area contributed by atoms with Gasteiger partial charge in [0, 0.05) is 15.0 Å². The van der Waals surface area contributed by atoms with Crippen molar-refractivity contribution in [1.82, 2.24) is 0 Å². The molecule has 0 saturated heterocycles. The molecule has 1 saturated carbocycles. The lowest BCUT2D eigenvalue weighted by atomic mass is 9.87. The molecule has 0 aromatic heterocycles. The maximum Gasteiger partial charge on any atom is 0.0978 e. The van der Waals surface area contributed by atoms with Gasteiger partial charge in [0.05, 0.1) is 11.5 Å². The lowest BCUT2D eigenvalue weighted by Crippen LogP contribution is -2.18. The standard InChI is InChI=1S/C14H18ClIN2/c15-11-6-7-12(16)13(9-11)18-14(17)8-10-4-2-1-3-5-10/h6-7,9-10H,1-5,8H2,(H2,17,18). The van der Waals surface area contributed by atoms with Crippen molar-refractivity contribution in [2.75, 3.05) is 5.32 Å². The Balaban J connectivity index is 1.92. The fraction of sp³-hybridized carbons (Fsp3) is 0.500. The van der Waals surface area contributed by atoms with Gasteiger partial charge in [-0.3, -0.25) is 5.41 Å². The number of anilines is 1. The molecule has 1 aromatic rings. The molecule has 0 radical (unpaired) electrons. The normalized spacial score (nSPS) is 16.6. The molecule has 0 atom stereocenters. The molecule has 0 amide bonds. The van der Waals surface area contributed by atoms with E-state index in [4.69, 9.17) is 17.0 Å². The largest absolute Gasteiger partial charge is 0.343 e. The summed E-state index contributed by atoms with van der Waals surface area (Å²) in [5.74, 6) is 1.30. The van der Waals surface area contributed by atoms with Crippen LogP contribution in [0.15, 0.2) is 18.2 Å². The van der Waals surface area contributed by atoms with Crippen LogP contribution in [-0.2, 0) is 0 Å². The van der Waals surface area contributed by atoms with E-state index in [9.17, 15) is 0 Å². The number of amidine groups is 1. The predicted octanol–water partition coefficient (Wildman–Crippen LogP) is 5.30. The SMILES string of the molecule is N=C(CC1CCCCC1)Nc1cc(Cl)ccc1I. The first kappa shape index (κ1) is 14.1. The van der Waals surface area contributed by atoms with Crippen LogP contribution in [0.2, 0.25) is 5.02 Å². The molecule has 1 aliphatic carbocycles. The quantitative estimate of drug-likeness (QED) is 0.419. The zero-order valence-electron chi connectivity index (χ0n) is 10.3. The van der Waals surface area contributed by atoms with Crippen LogP contribution < -0.4 is 5.32 Å². The Morgan fingerprint density at radius 2 is 2.06 bits per heavy atom. The summed E-state index contributed by atoms with van der Waals surface area (Å²) in [6.07, 6.45) is 7.43. The number of nitrogens with one attached hydrogen (secondary N) is 2. The van der Waals surface area contributed by atoms with E-state index < -0.39 is 0 Å². The second-order valence-corrected chi connectivity index (χ2v) is 6.53. The average molecular weight is 377 g/mol. The highest BCUT2D eigenvalue weighted by molar-refractivity contribution is 14.1. The van der Waals surface area contributed by atoms with Crippen LogP contribution in [0.25, 0.3) is 0 Å². The lowest BCUT2D eigenvalue weighted by Gasteiger charge is -2.22. The first-order valence-corrected chi connectivity index (χ1v) is 7.90. The first-order valence-electron chi connectivity index (χ1n) is 6.44. The summed E-state index contributed by atoms with van der Waals surface area (Å²) in [5.41, 5.74) is 0.948. The highest BCUT2D eigenvalue weighted by Crippen LogP contribution is 2.28. The molecule has 0 spiro atoms. The Morgan fingerprint density at radius 3 is 2.78 bits per heavy atom. The Bertz CT molecular complexity index is 428. The van der Waals surface area contributed by atoms with Gasteiger partial charge in [0.1, 0.15) is 0 Å². The highest BCUT2D eigenvalue weighted by Gasteiger charge is 2.15. The van der Waals surface area contributed by atoms with E-state index in [1.54, 1.807) is 0 Å². The van der Waals surface area contributed by atoms with Crippen molar-refractivity contribution < 1.29 is 0 Å². The molecule has 2 rings (SSSR count). The van der Waals surface area contributed by atoms with Crippen molar-refractivity contribution in [3.63, 3.8) is 0 Å². The fourth-order valence-electron chi connectivity index (χ4n) is 2.49. The molecule has 0 bridgehead atoms. The predicted molar refractivity (Wildman–Crippen MR) is 86.7 cm³/mol. The van der Waals surface area contributed by atoms with Crippen molar-refractivity contribution in [3.05, 3.63) is 26.8 Å². The third-order valence-electron chi connectivity index (χ3n) is 3.43. The topological polar surface area (TPSA) is 35.9 Å². The molecule has 1 fully saturated rings. The molecule has 0 heterocycles. The van der Waals surface area contributed by atoms with E-state index in [0.717, 1.165) is 15.7 Å². The zero-order chi connectivity index (χ0) is 13.0. The molecule has 2 N–H and O–H groups in total. The fourth-order valence-corrected chi connectivity index (χ4v) is 3.13. The molecule has 98 valence electrons. The van der Waals surface area contributed by atoms with E-state index in [0.29, 0.717) is 16.8 Å². The van der Waals surface area contributed by atoms with Crippen molar-refractivity contribution in [2.24, 2.45) is 5.92 Å². The summed E-state index contributed by atoms with van der Waals surface area (Å²) in [6, 6.07) is 5.73. The van der Waals surface area contributed by atoms with Crippen LogP contribution in [0.1, 0.15) is 38.5 Å². The van der Waals surface area contributed by atoms with Crippen LogP contribution in [0.5, 0.6) is 0 Å². The third kappa shape index (κ3) is 4.12. The van der Waals surface area contributed by atoms with Crippen LogP contribution >= 0.6 is 34.2 Å². The minimum atomic E-state index is 0.613. The Kier molecular flexibility index (Phi) is 5.30. The van der Waals surface area contributed by atoms with Gasteiger partial charge in [-0.15, -0.1) is 0 Å². The molecular formula is C14H18ClIN2. The molecule has 1 aromatic carbocycles. The summed E-state index contributed by atoms with van der Waals surface area (Å²) in [7, 11) is 0. The molecular weight excluding hydrogens is 359 g/mol. The maximum atomic E-state index is 8.07. The molecule has 18 heavy (non-hydrogen) atoms. The number of hydrogen-bond acceptors (Lipinski definition) is 1. The van der Waals surface area contributed by atoms with E-state index >= 15 is 0 Å². The number of hydrogen-bond donors (Lipinski definition) is 2. The van der Waals surface area contributed by atoms with Gasteiger partial charge in [-0.25, -0.2) is 0 Å². The Labute approximate surface area is 127 Å². The van der Waals surface area contributed by atoms with Gasteiger partial charge in [0.15, 0.2) is 0 Å². The van der Waals surface area contributed by atoms with Crippen molar-refractivity contribution in [1.29, 1.82) is 5.41 Å². The number of benzene rings is 1. The second kappa shape index (κ2) is 6.75. The third-order valence-corrected chi connectivity index (χ3v) is 4.61. The second-order valence-electron chi connectivity index (χ2n) is 4.94. The van der Waals surface area contributed by atoms with Gasteiger partial charge in [0.2, 0.25) is 0 Å². The average Bonchev–Trinajstić information content (AvgIpc) is 2.35. The van der Waals surface area contributed by atoms with Gasteiger partial charge in [-0.2, -0.15) is 0 Å². The van der Waals surface area contributed by atoms with Crippen LogP contribution in [0.4, 0.5) is 5.69 Å². The summed E-state index contributed by atoms with van der Waals surface area (Å²) in [6.45, 7) is 0. The van der Waals surface area contributed by atoms with E-state index in [-0.39, 0.29) is 0 Å². The molecule has 0 aliphatic heterocycles. The minimum absolute atomic E-state index is 0.613. The first-order chi connectivity index (χ1) is 8.65. The molecule has 4 heteroatoms. The van der Waals surface area contributed by atoms with Gasteiger partial charge < -0.3 is 5.32 Å². The Hall–Kier alpha value is -0.290. The molecule has 0 unspecified atom stereocenters. The molecule has 2 nitrogen and oxygen atoms in total. The summed E-state index contributed by atoms with van der Waals surface area (Å²) < 4.78 is 1.10. The summed E-state index contributed by atoms with van der Waals surface area (Å²) in [4.78, 5) is 0. The summed E-state index contributed by atoms with van der Waals surface area (Å²) in [5, 5.41) is 12.0. The summed E-state index contributed by atoms with van der Waals surface area (Å²) >= 11 is 8.24. The zero-order valence-corrected chi connectivity index (χ0v) is 13.2. The van der Waals surface area contributed by atoms with Crippen molar-refractivity contribution >= 4 is 45.7 Å². The van der Waals surface area contributed by atoms with E-state index in [2.05, 4.69) is 27.9 Å². The van der Waals surface area contributed by atoms with Gasteiger partial charge in [-0.05, 0) is 46.7 Å². The monoisotopic (exact) mass is 376 g/mol. The van der Waals surface area contributed by atoms with Crippen molar-refractivity contribution in [3.8, 4) is 0 Å². The van der Waals surface area contributed by atoms with Crippen LogP contribution in [0, 0.1) is 14.9 Å². The van der Waals surface area contributed by atoms with E-state index in [1.807, 2.05) is 18.2 Å². The smallest absolute Gasteiger partial charge is 0.0978 e. The number of halogens is 2. The minimum Gasteiger partial charge on any atom is -0.343 e. The van der Waals surface area contributed by atoms with E-state index in [1.165, 1.54) is 32.1 Å².